The Kier molecular flexibility index (Phi) is 5.16. The van der Waals surface area contributed by atoms with Crippen LogP contribution in [0.25, 0.3) is 0 Å². The number of halogens is 3. The lowest BCUT2D eigenvalue weighted by Gasteiger charge is -2.22. The zero-order chi connectivity index (χ0) is 18.7. The van der Waals surface area contributed by atoms with Gasteiger partial charge in [-0.05, 0) is 12.1 Å². The van der Waals surface area contributed by atoms with Crippen LogP contribution in [0.5, 0.6) is 0 Å². The molecule has 0 saturated carbocycles. The first-order valence-electron chi connectivity index (χ1n) is 7.68. The van der Waals surface area contributed by atoms with Crippen LogP contribution in [0.3, 0.4) is 0 Å². The van der Waals surface area contributed by atoms with E-state index >= 15 is 0 Å². The number of nitrogens with one attached hydrogen (secondary N) is 1. The van der Waals surface area contributed by atoms with E-state index in [1.807, 2.05) is 0 Å². The average molecular weight is 388 g/mol. The molecule has 1 aliphatic rings. The summed E-state index contributed by atoms with van der Waals surface area (Å²) in [5.41, 5.74) is 0.321. The first-order valence-corrected chi connectivity index (χ1v) is 8.56. The number of hydrogen-bond acceptors (Lipinski definition) is 5. The fourth-order valence-electron chi connectivity index (χ4n) is 2.46. The maximum Gasteiger partial charge on any atom is 0.406 e. The van der Waals surface area contributed by atoms with E-state index < -0.39 is 18.6 Å². The predicted molar refractivity (Wildman–Crippen MR) is 86.7 cm³/mol. The summed E-state index contributed by atoms with van der Waals surface area (Å²) in [6, 6.07) is 2.76. The van der Waals surface area contributed by atoms with Gasteiger partial charge < -0.3 is 14.6 Å². The molecule has 0 atom stereocenters. The standard InChI is InChI=1S/C15H15F3N4O3S/c16-15(17,18)9-21(7-11-2-1-5-25-11)12(23)6-10-8-26-14(20-10)22-4-3-19-13(22)24/h1-2,5,8H,3-4,6-7,9H2,(H,19,24). The molecule has 26 heavy (non-hydrogen) atoms. The van der Waals surface area contributed by atoms with Gasteiger partial charge in [-0.15, -0.1) is 11.3 Å². The first-order chi connectivity index (χ1) is 12.3. The Morgan fingerprint density at radius 1 is 1.46 bits per heavy atom. The Labute approximate surface area is 150 Å². The number of thiazole rings is 1. The number of furan rings is 1. The molecule has 0 bridgehead atoms. The number of urea groups is 1. The highest BCUT2D eigenvalue weighted by molar-refractivity contribution is 7.14. The van der Waals surface area contributed by atoms with Crippen LogP contribution >= 0.6 is 11.3 Å². The molecule has 0 aliphatic carbocycles. The largest absolute Gasteiger partial charge is 0.467 e. The topological polar surface area (TPSA) is 78.7 Å². The molecule has 3 heterocycles. The number of carbonyl (C=O) groups excluding carboxylic acids is 2. The summed E-state index contributed by atoms with van der Waals surface area (Å²) in [5.74, 6) is -0.461. The Balaban J connectivity index is 1.68. The highest BCUT2D eigenvalue weighted by atomic mass is 32.1. The fraction of sp³-hybridized carbons (Fsp3) is 0.400. The lowest BCUT2D eigenvalue weighted by molar-refractivity contribution is -0.162. The monoisotopic (exact) mass is 388 g/mol. The van der Waals surface area contributed by atoms with Gasteiger partial charge in [0.15, 0.2) is 5.13 Å². The molecule has 0 unspecified atom stereocenters. The van der Waals surface area contributed by atoms with Crippen LogP contribution in [0.1, 0.15) is 11.5 Å². The number of rotatable bonds is 6. The summed E-state index contributed by atoms with van der Waals surface area (Å²) in [6.45, 7) is -0.706. The Hall–Kier alpha value is -2.56. The van der Waals surface area contributed by atoms with E-state index in [-0.39, 0.29) is 24.8 Å². The molecular formula is C15H15F3N4O3S. The number of nitrogens with zero attached hydrogens (tertiary/aromatic N) is 3. The lowest BCUT2D eigenvalue weighted by Crippen LogP contribution is -2.39. The zero-order valence-electron chi connectivity index (χ0n) is 13.5. The van der Waals surface area contributed by atoms with Gasteiger partial charge >= 0.3 is 12.2 Å². The van der Waals surface area contributed by atoms with Crippen molar-refractivity contribution in [3.05, 3.63) is 35.2 Å². The molecule has 3 amide bonds. The van der Waals surface area contributed by atoms with Gasteiger partial charge in [0, 0.05) is 18.5 Å². The minimum Gasteiger partial charge on any atom is -0.467 e. The van der Waals surface area contributed by atoms with Crippen LogP contribution in [0, 0.1) is 0 Å². The van der Waals surface area contributed by atoms with Crippen molar-refractivity contribution in [1.82, 2.24) is 15.2 Å². The number of hydrogen-bond donors (Lipinski definition) is 1. The van der Waals surface area contributed by atoms with Gasteiger partial charge in [0.05, 0.1) is 24.9 Å². The normalized spacial score (nSPS) is 14.6. The van der Waals surface area contributed by atoms with E-state index in [0.29, 0.717) is 28.8 Å². The van der Waals surface area contributed by atoms with Crippen LogP contribution < -0.4 is 10.2 Å². The first kappa shape index (κ1) is 18.2. The molecule has 11 heteroatoms. The van der Waals surface area contributed by atoms with Gasteiger partial charge in [0.1, 0.15) is 12.3 Å². The van der Waals surface area contributed by atoms with Crippen molar-refractivity contribution >= 4 is 28.4 Å². The molecule has 140 valence electrons. The number of aromatic nitrogens is 1. The smallest absolute Gasteiger partial charge is 0.406 e. The number of amides is 3. The summed E-state index contributed by atoms with van der Waals surface area (Å²) in [5, 5.41) is 4.61. The summed E-state index contributed by atoms with van der Waals surface area (Å²) in [6.07, 6.45) is -3.48. The predicted octanol–water partition coefficient (Wildman–Crippen LogP) is 2.40. The molecule has 1 N–H and O–H groups in total. The van der Waals surface area contributed by atoms with E-state index in [0.717, 1.165) is 0 Å². The van der Waals surface area contributed by atoms with E-state index in [4.69, 9.17) is 4.42 Å². The second-order valence-corrected chi connectivity index (χ2v) is 6.46. The number of carbonyl (C=O) groups is 2. The highest BCUT2D eigenvalue weighted by Crippen LogP contribution is 2.24. The van der Waals surface area contributed by atoms with Gasteiger partial charge in [-0.25, -0.2) is 9.78 Å². The van der Waals surface area contributed by atoms with E-state index in [1.54, 1.807) is 11.4 Å². The van der Waals surface area contributed by atoms with Crippen LogP contribution in [0.4, 0.5) is 23.1 Å². The molecule has 1 fully saturated rings. The van der Waals surface area contributed by atoms with E-state index in [9.17, 15) is 22.8 Å². The van der Waals surface area contributed by atoms with E-state index in [2.05, 4.69) is 10.3 Å². The molecule has 1 saturated heterocycles. The zero-order valence-corrected chi connectivity index (χ0v) is 14.3. The average Bonchev–Trinajstić information content (AvgIpc) is 3.27. The summed E-state index contributed by atoms with van der Waals surface area (Å²) in [4.78, 5) is 30.3. The lowest BCUT2D eigenvalue weighted by atomic mass is 10.2. The molecule has 0 spiro atoms. The third-order valence-corrected chi connectivity index (χ3v) is 4.52. The second kappa shape index (κ2) is 7.36. The van der Waals surface area contributed by atoms with Crippen molar-refractivity contribution in [2.45, 2.75) is 19.1 Å². The highest BCUT2D eigenvalue weighted by Gasteiger charge is 2.33. The second-order valence-electron chi connectivity index (χ2n) is 5.63. The van der Waals surface area contributed by atoms with Gasteiger partial charge in [-0.3, -0.25) is 9.69 Å². The van der Waals surface area contributed by atoms with Crippen molar-refractivity contribution in [3.8, 4) is 0 Å². The van der Waals surface area contributed by atoms with Gasteiger partial charge in [0.2, 0.25) is 5.91 Å². The Morgan fingerprint density at radius 3 is 2.88 bits per heavy atom. The van der Waals surface area contributed by atoms with Crippen molar-refractivity contribution in [2.75, 3.05) is 24.5 Å². The molecule has 1 aliphatic heterocycles. The van der Waals surface area contributed by atoms with Gasteiger partial charge in [-0.1, -0.05) is 0 Å². The van der Waals surface area contributed by atoms with Crippen LogP contribution in [-0.2, 0) is 17.8 Å². The molecule has 3 rings (SSSR count). The molecule has 2 aromatic heterocycles. The van der Waals surface area contributed by atoms with E-state index in [1.165, 1.54) is 28.6 Å². The molecule has 0 aromatic carbocycles. The maximum atomic E-state index is 12.8. The third kappa shape index (κ3) is 4.54. The van der Waals surface area contributed by atoms with Crippen LogP contribution in [0.15, 0.2) is 28.2 Å². The number of alkyl halides is 3. The van der Waals surface area contributed by atoms with Crippen molar-refractivity contribution in [1.29, 1.82) is 0 Å². The number of anilines is 1. The molecule has 0 radical (unpaired) electrons. The fourth-order valence-corrected chi connectivity index (χ4v) is 3.31. The third-order valence-electron chi connectivity index (χ3n) is 3.61. The Bertz CT molecular complexity index is 775. The van der Waals surface area contributed by atoms with Gasteiger partial charge in [0.25, 0.3) is 0 Å². The quantitative estimate of drug-likeness (QED) is 0.824. The SMILES string of the molecule is O=C(Cc1csc(N2CCNC2=O)n1)N(Cc1ccco1)CC(F)(F)F. The van der Waals surface area contributed by atoms with Crippen molar-refractivity contribution in [3.63, 3.8) is 0 Å². The minimum atomic E-state index is -4.52. The Morgan fingerprint density at radius 2 is 2.27 bits per heavy atom. The minimum absolute atomic E-state index is 0.260. The van der Waals surface area contributed by atoms with Gasteiger partial charge in [-0.2, -0.15) is 13.2 Å². The summed E-state index contributed by atoms with van der Waals surface area (Å²) >= 11 is 1.17. The molecule has 7 nitrogen and oxygen atoms in total. The van der Waals surface area contributed by atoms with Crippen molar-refractivity contribution < 1.29 is 27.2 Å². The van der Waals surface area contributed by atoms with Crippen LogP contribution in [0.2, 0.25) is 0 Å². The molecule has 2 aromatic rings. The maximum absolute atomic E-state index is 12.8. The summed E-state index contributed by atoms with van der Waals surface area (Å²) in [7, 11) is 0. The van der Waals surface area contributed by atoms with Crippen molar-refractivity contribution in [2.24, 2.45) is 0 Å². The van der Waals surface area contributed by atoms with Crippen LogP contribution in [-0.4, -0.2) is 47.6 Å². The molecular weight excluding hydrogens is 373 g/mol. The summed E-state index contributed by atoms with van der Waals surface area (Å²) < 4.78 is 43.4.